The van der Waals surface area contributed by atoms with E-state index in [0.717, 1.165) is 11.5 Å². The number of ether oxygens (including phenoxy) is 6. The normalized spacial score (nSPS) is 15.9. The third-order valence-corrected chi connectivity index (χ3v) is 7.70. The van der Waals surface area contributed by atoms with Gasteiger partial charge < -0.3 is 39.9 Å². The summed E-state index contributed by atoms with van der Waals surface area (Å²) in [6, 6.07) is 0. The van der Waals surface area contributed by atoms with Crippen LogP contribution in [0, 0.1) is 10.8 Å². The lowest BCUT2D eigenvalue weighted by molar-refractivity contribution is -0.0135. The highest BCUT2D eigenvalue weighted by Gasteiger charge is 2.25. The van der Waals surface area contributed by atoms with E-state index in [1.165, 1.54) is 0 Å². The van der Waals surface area contributed by atoms with Crippen molar-refractivity contribution in [2.24, 2.45) is 22.3 Å². The standard InChI is InChI=1S/C26H56N2O6S4/c1-23(2,15-29-9-7-27)17-33-21-25(5,35)19-31-11-13-37-38-14-12-32-20-26(6,36)22-34-18-24(3,4)16-30-10-8-28/h35-36H,7-22,27-28H2,1-6H3. The first kappa shape index (κ1) is 39.1. The van der Waals surface area contributed by atoms with Gasteiger partial charge in [0.2, 0.25) is 0 Å². The largest absolute Gasteiger partial charge is 0.379 e. The Morgan fingerprint density at radius 3 is 1.11 bits per heavy atom. The Hall–Kier alpha value is 1.08. The number of hydrogen-bond donors (Lipinski definition) is 4. The fourth-order valence-electron chi connectivity index (χ4n) is 3.01. The molecule has 0 aromatic carbocycles. The van der Waals surface area contributed by atoms with Gasteiger partial charge in [-0.2, -0.15) is 25.3 Å². The zero-order valence-corrected chi connectivity index (χ0v) is 28.1. The highest BCUT2D eigenvalue weighted by molar-refractivity contribution is 8.76. The number of thiol groups is 2. The molecular weight excluding hydrogens is 565 g/mol. The molecule has 4 N–H and O–H groups in total. The van der Waals surface area contributed by atoms with E-state index in [9.17, 15) is 0 Å². The molecule has 0 saturated heterocycles. The predicted molar refractivity (Wildman–Crippen MR) is 170 cm³/mol. The fraction of sp³-hybridized carbons (Fsp3) is 1.00. The van der Waals surface area contributed by atoms with Crippen LogP contribution in [0.25, 0.3) is 0 Å². The molecule has 0 fully saturated rings. The van der Waals surface area contributed by atoms with Crippen LogP contribution < -0.4 is 11.5 Å². The Morgan fingerprint density at radius 1 is 0.474 bits per heavy atom. The summed E-state index contributed by atoms with van der Waals surface area (Å²) in [7, 11) is 3.57. The maximum atomic E-state index is 5.89. The van der Waals surface area contributed by atoms with E-state index in [1.54, 1.807) is 21.6 Å². The fourth-order valence-corrected chi connectivity index (χ4v) is 5.10. The summed E-state index contributed by atoms with van der Waals surface area (Å²) in [5.74, 6) is 1.81. The summed E-state index contributed by atoms with van der Waals surface area (Å²) in [5, 5.41) is 0. The SMILES string of the molecule is CC(C)(COCCN)COCC(C)(S)COCCSSCCOCC(C)(S)COCC(C)(C)COCCN. The van der Waals surface area contributed by atoms with E-state index >= 15 is 0 Å². The van der Waals surface area contributed by atoms with Crippen LogP contribution in [0.5, 0.6) is 0 Å². The van der Waals surface area contributed by atoms with Crippen molar-refractivity contribution in [1.29, 1.82) is 0 Å². The Bertz CT molecular complexity index is 524. The van der Waals surface area contributed by atoms with Crippen molar-refractivity contribution in [2.75, 3.05) is 104 Å². The molecule has 8 nitrogen and oxygen atoms in total. The van der Waals surface area contributed by atoms with Crippen LogP contribution in [0.4, 0.5) is 0 Å². The van der Waals surface area contributed by atoms with E-state index in [1.807, 2.05) is 13.8 Å². The summed E-state index contributed by atoms with van der Waals surface area (Å²) in [6.07, 6.45) is 0. The second-order valence-corrected chi connectivity index (χ2v) is 16.6. The molecule has 2 unspecified atom stereocenters. The molecule has 0 aliphatic heterocycles. The first-order chi connectivity index (χ1) is 17.7. The van der Waals surface area contributed by atoms with Crippen molar-refractivity contribution in [3.05, 3.63) is 0 Å². The van der Waals surface area contributed by atoms with Crippen LogP contribution in [0.1, 0.15) is 41.5 Å². The van der Waals surface area contributed by atoms with Gasteiger partial charge in [0, 0.05) is 35.4 Å². The molecule has 0 saturated carbocycles. The molecule has 2 atom stereocenters. The molecule has 12 heteroatoms. The Labute approximate surface area is 251 Å². The van der Waals surface area contributed by atoms with Crippen LogP contribution in [0.15, 0.2) is 0 Å². The van der Waals surface area contributed by atoms with Gasteiger partial charge in [0.1, 0.15) is 0 Å². The highest BCUT2D eigenvalue weighted by atomic mass is 33.1. The van der Waals surface area contributed by atoms with Crippen molar-refractivity contribution in [1.82, 2.24) is 0 Å². The van der Waals surface area contributed by atoms with Crippen LogP contribution in [-0.4, -0.2) is 113 Å². The minimum Gasteiger partial charge on any atom is -0.379 e. The van der Waals surface area contributed by atoms with Crippen LogP contribution >= 0.6 is 46.8 Å². The van der Waals surface area contributed by atoms with E-state index in [0.29, 0.717) is 92.4 Å². The molecule has 0 radical (unpaired) electrons. The Balaban J connectivity index is 3.75. The van der Waals surface area contributed by atoms with Crippen molar-refractivity contribution in [3.8, 4) is 0 Å². The highest BCUT2D eigenvalue weighted by Crippen LogP contribution is 2.23. The maximum Gasteiger partial charge on any atom is 0.0630 e. The number of nitrogens with two attached hydrogens (primary N) is 2. The van der Waals surface area contributed by atoms with E-state index in [4.69, 9.17) is 65.1 Å². The molecule has 230 valence electrons. The topological polar surface area (TPSA) is 107 Å². The van der Waals surface area contributed by atoms with E-state index in [2.05, 4.69) is 27.7 Å². The molecule has 0 rings (SSSR count). The minimum atomic E-state index is -0.336. The lowest BCUT2D eigenvalue weighted by Crippen LogP contribution is -2.34. The molecule has 0 aromatic heterocycles. The van der Waals surface area contributed by atoms with Gasteiger partial charge in [0.05, 0.1) is 88.8 Å². The Kier molecular flexibility index (Phi) is 22.4. The van der Waals surface area contributed by atoms with Crippen molar-refractivity contribution < 1.29 is 28.4 Å². The first-order valence-corrected chi connectivity index (χ1v) is 16.7. The zero-order chi connectivity index (χ0) is 29.0. The summed E-state index contributed by atoms with van der Waals surface area (Å²) in [4.78, 5) is 0. The molecule has 0 amide bonds. The summed E-state index contributed by atoms with van der Waals surface area (Å²) >= 11 is 9.42. The number of hydrogen-bond acceptors (Lipinski definition) is 12. The minimum absolute atomic E-state index is 0.0614. The maximum absolute atomic E-state index is 5.89. The van der Waals surface area contributed by atoms with E-state index in [-0.39, 0.29) is 20.3 Å². The quantitative estimate of drug-likeness (QED) is 0.0615. The monoisotopic (exact) mass is 620 g/mol. The molecule has 38 heavy (non-hydrogen) atoms. The lowest BCUT2D eigenvalue weighted by atomic mass is 9.96. The van der Waals surface area contributed by atoms with Gasteiger partial charge in [0.15, 0.2) is 0 Å². The van der Waals surface area contributed by atoms with Crippen LogP contribution in [0.2, 0.25) is 0 Å². The zero-order valence-electron chi connectivity index (χ0n) is 24.6. The average molecular weight is 621 g/mol. The smallest absolute Gasteiger partial charge is 0.0630 e. The summed E-state index contributed by atoms with van der Waals surface area (Å²) in [5.41, 5.74) is 10.8. The average Bonchev–Trinajstić information content (AvgIpc) is 2.79. The van der Waals surface area contributed by atoms with Gasteiger partial charge in [-0.25, -0.2) is 0 Å². The molecule has 0 spiro atoms. The molecule has 0 bridgehead atoms. The van der Waals surface area contributed by atoms with Crippen molar-refractivity contribution >= 4 is 46.8 Å². The van der Waals surface area contributed by atoms with Gasteiger partial charge in [-0.1, -0.05) is 49.3 Å². The van der Waals surface area contributed by atoms with Crippen molar-refractivity contribution in [2.45, 2.75) is 51.0 Å². The first-order valence-electron chi connectivity index (χ1n) is 13.3. The Morgan fingerprint density at radius 2 is 0.763 bits per heavy atom. The second kappa shape index (κ2) is 21.7. The predicted octanol–water partition coefficient (Wildman–Crippen LogP) is 3.81. The molecular formula is C26H56N2O6S4. The van der Waals surface area contributed by atoms with Crippen molar-refractivity contribution in [3.63, 3.8) is 0 Å². The molecule has 0 aliphatic carbocycles. The van der Waals surface area contributed by atoms with E-state index < -0.39 is 0 Å². The molecule has 0 aromatic rings. The third-order valence-electron chi connectivity index (χ3n) is 4.85. The van der Waals surface area contributed by atoms with Crippen LogP contribution in [-0.2, 0) is 28.4 Å². The number of rotatable bonds is 27. The van der Waals surface area contributed by atoms with Gasteiger partial charge in [0.25, 0.3) is 0 Å². The third kappa shape index (κ3) is 24.8. The van der Waals surface area contributed by atoms with Gasteiger partial charge >= 0.3 is 0 Å². The lowest BCUT2D eigenvalue weighted by Gasteiger charge is -2.28. The molecule has 0 heterocycles. The molecule has 0 aliphatic rings. The van der Waals surface area contributed by atoms with Gasteiger partial charge in [-0.3, -0.25) is 0 Å². The summed E-state index contributed by atoms with van der Waals surface area (Å²) in [6.45, 7) is 20.7. The van der Waals surface area contributed by atoms with Crippen LogP contribution in [0.3, 0.4) is 0 Å². The summed E-state index contributed by atoms with van der Waals surface area (Å²) < 4.78 is 33.8. The van der Waals surface area contributed by atoms with Gasteiger partial charge in [-0.05, 0) is 13.8 Å². The van der Waals surface area contributed by atoms with Gasteiger partial charge in [-0.15, -0.1) is 0 Å². The second-order valence-electron chi connectivity index (χ2n) is 11.7.